The van der Waals surface area contributed by atoms with Gasteiger partial charge in [-0.1, -0.05) is 18.2 Å². The number of ketones is 1. The summed E-state index contributed by atoms with van der Waals surface area (Å²) in [5, 5.41) is 5.92. The Balaban J connectivity index is 1.57. The molecule has 0 N–H and O–H groups in total. The highest BCUT2D eigenvalue weighted by molar-refractivity contribution is 7.13. The van der Waals surface area contributed by atoms with Crippen molar-refractivity contribution in [2.45, 2.75) is 39.8 Å². The molecule has 146 valence electrons. The minimum atomic E-state index is -0.912. The maximum Gasteiger partial charge on any atom is 0.437 e. The molecule has 1 atom stereocenters. The molecule has 0 aliphatic heterocycles. The minimum absolute atomic E-state index is 0.0110. The Hall–Kier alpha value is -3.00. The number of aryl methyl sites for hydroxylation is 3. The number of benzene rings is 1. The highest BCUT2D eigenvalue weighted by atomic mass is 32.1. The van der Waals surface area contributed by atoms with Gasteiger partial charge in [0.05, 0.1) is 17.8 Å². The van der Waals surface area contributed by atoms with Gasteiger partial charge in [0.25, 0.3) is 5.89 Å². The molecule has 0 fully saturated rings. The first-order valence-corrected chi connectivity index (χ1v) is 9.66. The highest BCUT2D eigenvalue weighted by Crippen LogP contribution is 2.21. The molecule has 2 aromatic heterocycles. The number of carbonyl (C=O) groups excluding carboxylic acids is 2. The first-order chi connectivity index (χ1) is 13.3. The van der Waals surface area contributed by atoms with Gasteiger partial charge < -0.3 is 9.15 Å². The van der Waals surface area contributed by atoms with Gasteiger partial charge in [-0.25, -0.2) is 4.79 Å². The summed E-state index contributed by atoms with van der Waals surface area (Å²) in [6.07, 6.45) is -1.01. The standard InChI is InChI=1S/C20H20N2O5S/c1-12-6-7-15(11-13(12)2)18(24)14(3)26-17(23)8-9-22-20(25)27-19(21-22)16-5-4-10-28-16/h4-7,10-11,14H,8-9H2,1-3H3. The Morgan fingerprint density at radius 1 is 1.25 bits per heavy atom. The number of rotatable bonds is 7. The molecule has 0 spiro atoms. The third-order valence-corrected chi connectivity index (χ3v) is 5.19. The largest absolute Gasteiger partial charge is 0.454 e. The molecule has 28 heavy (non-hydrogen) atoms. The van der Waals surface area contributed by atoms with Gasteiger partial charge in [0, 0.05) is 5.56 Å². The summed E-state index contributed by atoms with van der Waals surface area (Å²) in [6.45, 7) is 5.43. The quantitative estimate of drug-likeness (QED) is 0.446. The van der Waals surface area contributed by atoms with E-state index in [0.29, 0.717) is 5.56 Å². The third-order valence-electron chi connectivity index (χ3n) is 4.33. The van der Waals surface area contributed by atoms with Gasteiger partial charge in [0.1, 0.15) is 0 Å². The Bertz CT molecular complexity index is 1050. The fourth-order valence-electron chi connectivity index (χ4n) is 2.58. The van der Waals surface area contributed by atoms with Crippen molar-refractivity contribution in [2.75, 3.05) is 0 Å². The van der Waals surface area contributed by atoms with Crippen molar-refractivity contribution in [2.24, 2.45) is 0 Å². The molecule has 2 heterocycles. The van der Waals surface area contributed by atoms with Gasteiger partial charge >= 0.3 is 11.7 Å². The maximum absolute atomic E-state index is 12.4. The van der Waals surface area contributed by atoms with Crippen LogP contribution in [0.5, 0.6) is 0 Å². The second-order valence-corrected chi connectivity index (χ2v) is 7.37. The maximum atomic E-state index is 12.4. The molecule has 0 aliphatic rings. The van der Waals surface area contributed by atoms with Crippen molar-refractivity contribution in [1.82, 2.24) is 9.78 Å². The van der Waals surface area contributed by atoms with E-state index in [0.717, 1.165) is 20.7 Å². The normalized spacial score (nSPS) is 12.0. The molecule has 8 heteroatoms. The highest BCUT2D eigenvalue weighted by Gasteiger charge is 2.20. The van der Waals surface area contributed by atoms with Crippen molar-refractivity contribution >= 4 is 23.1 Å². The van der Waals surface area contributed by atoms with E-state index in [2.05, 4.69) is 5.10 Å². The molecule has 0 aliphatic carbocycles. The van der Waals surface area contributed by atoms with Gasteiger partial charge in [-0.3, -0.25) is 9.59 Å². The van der Waals surface area contributed by atoms with Crippen molar-refractivity contribution in [3.8, 4) is 10.8 Å². The lowest BCUT2D eigenvalue weighted by Gasteiger charge is -2.13. The summed E-state index contributed by atoms with van der Waals surface area (Å²) in [4.78, 5) is 37.1. The number of ether oxygens (including phenoxy) is 1. The van der Waals surface area contributed by atoms with Crippen LogP contribution in [0.4, 0.5) is 0 Å². The van der Waals surface area contributed by atoms with Crippen LogP contribution >= 0.6 is 11.3 Å². The number of Topliss-reactive ketones (excluding diaryl/α,β-unsaturated/α-hetero) is 1. The molecule has 0 amide bonds. The van der Waals surface area contributed by atoms with Crippen LogP contribution in [0.3, 0.4) is 0 Å². The average molecular weight is 400 g/mol. The average Bonchev–Trinajstić information content (AvgIpc) is 3.31. The fraction of sp³-hybridized carbons (Fsp3) is 0.300. The van der Waals surface area contributed by atoms with Crippen LogP contribution in [-0.4, -0.2) is 27.6 Å². The van der Waals surface area contributed by atoms with Gasteiger partial charge in [0.15, 0.2) is 6.10 Å². The van der Waals surface area contributed by atoms with E-state index in [1.165, 1.54) is 18.3 Å². The van der Waals surface area contributed by atoms with E-state index in [9.17, 15) is 14.4 Å². The zero-order valence-electron chi connectivity index (χ0n) is 15.8. The Morgan fingerprint density at radius 2 is 2.04 bits per heavy atom. The minimum Gasteiger partial charge on any atom is -0.454 e. The number of hydrogen-bond acceptors (Lipinski definition) is 7. The topological polar surface area (TPSA) is 91.4 Å². The molecule has 3 aromatic rings. The summed E-state index contributed by atoms with van der Waals surface area (Å²) in [5.41, 5.74) is 2.58. The fourth-order valence-corrected chi connectivity index (χ4v) is 3.23. The molecular weight excluding hydrogens is 380 g/mol. The zero-order valence-corrected chi connectivity index (χ0v) is 16.6. The van der Waals surface area contributed by atoms with Crippen LogP contribution in [0.15, 0.2) is 44.9 Å². The SMILES string of the molecule is Cc1ccc(C(=O)C(C)OC(=O)CCn2nc(-c3cccs3)oc2=O)cc1C. The molecule has 0 saturated carbocycles. The molecular formula is C20H20N2O5S. The van der Waals surface area contributed by atoms with Crippen LogP contribution in [0.25, 0.3) is 10.8 Å². The van der Waals surface area contributed by atoms with Crippen LogP contribution in [0.1, 0.15) is 34.8 Å². The number of esters is 1. The Morgan fingerprint density at radius 3 is 2.71 bits per heavy atom. The van der Waals surface area contributed by atoms with Crippen molar-refractivity contribution in [3.63, 3.8) is 0 Å². The summed E-state index contributed by atoms with van der Waals surface area (Å²) in [5.74, 6) is -1.28. The van der Waals surface area contributed by atoms with Crippen LogP contribution in [0, 0.1) is 13.8 Å². The molecule has 1 unspecified atom stereocenters. The van der Waals surface area contributed by atoms with E-state index >= 15 is 0 Å². The number of nitrogens with zero attached hydrogens (tertiary/aromatic N) is 2. The molecule has 3 rings (SSSR count). The van der Waals surface area contributed by atoms with Gasteiger partial charge in [0.2, 0.25) is 5.78 Å². The van der Waals surface area contributed by atoms with Gasteiger partial charge in [-0.2, -0.15) is 4.68 Å². The summed E-state index contributed by atoms with van der Waals surface area (Å²) >= 11 is 1.40. The first kappa shape index (κ1) is 19.8. The van der Waals surface area contributed by atoms with Crippen molar-refractivity contribution < 1.29 is 18.7 Å². The van der Waals surface area contributed by atoms with Gasteiger partial charge in [-0.15, -0.1) is 16.4 Å². The Kier molecular flexibility index (Phi) is 5.89. The number of aromatic nitrogens is 2. The summed E-state index contributed by atoms with van der Waals surface area (Å²) < 4.78 is 11.4. The number of thiophene rings is 1. The predicted octanol–water partition coefficient (Wildman–Crippen LogP) is 3.39. The second-order valence-electron chi connectivity index (χ2n) is 6.42. The van der Waals surface area contributed by atoms with E-state index in [4.69, 9.17) is 9.15 Å². The van der Waals surface area contributed by atoms with Crippen molar-refractivity contribution in [1.29, 1.82) is 0 Å². The molecule has 0 bridgehead atoms. The van der Waals surface area contributed by atoms with Crippen LogP contribution in [0.2, 0.25) is 0 Å². The molecule has 0 saturated heterocycles. The lowest BCUT2D eigenvalue weighted by molar-refractivity contribution is -0.146. The lowest BCUT2D eigenvalue weighted by Crippen LogP contribution is -2.26. The van der Waals surface area contributed by atoms with E-state index in [1.54, 1.807) is 18.2 Å². The second kappa shape index (κ2) is 8.35. The molecule has 0 radical (unpaired) electrons. The van der Waals surface area contributed by atoms with E-state index in [1.807, 2.05) is 31.4 Å². The predicted molar refractivity (Wildman–Crippen MR) is 104 cm³/mol. The monoisotopic (exact) mass is 400 g/mol. The first-order valence-electron chi connectivity index (χ1n) is 8.78. The van der Waals surface area contributed by atoms with Crippen molar-refractivity contribution in [3.05, 3.63) is 63.0 Å². The Labute approximate surface area is 165 Å². The lowest BCUT2D eigenvalue weighted by atomic mass is 10.0. The third kappa shape index (κ3) is 4.45. The number of carbonyl (C=O) groups is 2. The zero-order chi connectivity index (χ0) is 20.3. The van der Waals surface area contributed by atoms with Crippen LogP contribution < -0.4 is 5.76 Å². The molecule has 7 nitrogen and oxygen atoms in total. The van der Waals surface area contributed by atoms with E-state index in [-0.39, 0.29) is 24.6 Å². The smallest absolute Gasteiger partial charge is 0.437 e. The summed E-state index contributed by atoms with van der Waals surface area (Å²) in [6, 6.07) is 8.97. The van der Waals surface area contributed by atoms with E-state index < -0.39 is 17.8 Å². The van der Waals surface area contributed by atoms with Gasteiger partial charge in [-0.05, 0) is 49.4 Å². The molecule has 1 aromatic carbocycles. The van der Waals surface area contributed by atoms with Crippen LogP contribution in [-0.2, 0) is 16.1 Å². The summed E-state index contributed by atoms with van der Waals surface area (Å²) in [7, 11) is 0. The number of hydrogen-bond donors (Lipinski definition) is 0.